The van der Waals surface area contributed by atoms with E-state index in [2.05, 4.69) is 13.8 Å². The van der Waals surface area contributed by atoms with E-state index in [1.165, 1.54) is 12.8 Å². The summed E-state index contributed by atoms with van der Waals surface area (Å²) in [6, 6.07) is 0. The van der Waals surface area contributed by atoms with Crippen LogP contribution in [0.3, 0.4) is 0 Å². The summed E-state index contributed by atoms with van der Waals surface area (Å²) in [7, 11) is 0. The molecule has 0 rings (SSSR count). The highest BCUT2D eigenvalue weighted by molar-refractivity contribution is 4.58. The van der Waals surface area contributed by atoms with E-state index < -0.39 is 0 Å². The van der Waals surface area contributed by atoms with Gasteiger partial charge in [0.25, 0.3) is 0 Å². The lowest BCUT2D eigenvalue weighted by Gasteiger charge is -2.17. The number of rotatable bonds is 6. The Labute approximate surface area is 70.1 Å². The second kappa shape index (κ2) is 6.62. The molecule has 0 saturated heterocycles. The van der Waals surface area contributed by atoms with Crippen molar-refractivity contribution in [3.05, 3.63) is 0 Å². The Morgan fingerprint density at radius 3 is 2.09 bits per heavy atom. The lowest BCUT2D eigenvalue weighted by Crippen LogP contribution is -2.26. The topological polar surface area (TPSA) is 35.2 Å². The van der Waals surface area contributed by atoms with Gasteiger partial charge < -0.3 is 10.5 Å². The third kappa shape index (κ3) is 5.22. The molecule has 68 valence electrons. The number of hydrogen-bond donors (Lipinski definition) is 1. The molecule has 0 fully saturated rings. The van der Waals surface area contributed by atoms with Crippen LogP contribution in [0.2, 0.25) is 0 Å². The second-order valence-electron chi connectivity index (χ2n) is 2.91. The summed E-state index contributed by atoms with van der Waals surface area (Å²) in [5.41, 5.74) is 5.71. The van der Waals surface area contributed by atoms with E-state index in [-0.39, 0.29) is 6.23 Å². The zero-order valence-electron chi connectivity index (χ0n) is 7.97. The van der Waals surface area contributed by atoms with Crippen LogP contribution in [-0.2, 0) is 4.74 Å². The summed E-state index contributed by atoms with van der Waals surface area (Å²) in [5.74, 6) is 0.733. The van der Waals surface area contributed by atoms with Gasteiger partial charge in [0.2, 0.25) is 0 Å². The van der Waals surface area contributed by atoms with E-state index >= 15 is 0 Å². The molecule has 0 saturated carbocycles. The smallest absolute Gasteiger partial charge is 0.105 e. The molecule has 11 heavy (non-hydrogen) atoms. The molecule has 0 aromatic heterocycles. The van der Waals surface area contributed by atoms with Crippen LogP contribution in [0.4, 0.5) is 0 Å². The molecule has 2 N–H and O–H groups in total. The molecule has 0 heterocycles. The van der Waals surface area contributed by atoms with Crippen molar-refractivity contribution in [1.82, 2.24) is 0 Å². The molecule has 0 aliphatic heterocycles. The van der Waals surface area contributed by atoms with Gasteiger partial charge in [-0.25, -0.2) is 0 Å². The second-order valence-corrected chi connectivity index (χ2v) is 2.91. The molecule has 0 aromatic carbocycles. The maximum atomic E-state index is 5.71. The first-order valence-corrected chi connectivity index (χ1v) is 4.61. The van der Waals surface area contributed by atoms with Crippen molar-refractivity contribution in [3.8, 4) is 0 Å². The van der Waals surface area contributed by atoms with Gasteiger partial charge >= 0.3 is 0 Å². The van der Waals surface area contributed by atoms with Gasteiger partial charge in [-0.1, -0.05) is 26.7 Å². The fraction of sp³-hybridized carbons (Fsp3) is 1.00. The van der Waals surface area contributed by atoms with Gasteiger partial charge in [0.1, 0.15) is 6.23 Å². The summed E-state index contributed by atoms with van der Waals surface area (Å²) < 4.78 is 5.25. The first-order valence-electron chi connectivity index (χ1n) is 4.61. The Bertz CT molecular complexity index is 81.6. The highest BCUT2D eigenvalue weighted by Crippen LogP contribution is 2.14. The number of hydrogen-bond acceptors (Lipinski definition) is 2. The van der Waals surface area contributed by atoms with Gasteiger partial charge in [0.15, 0.2) is 0 Å². The zero-order chi connectivity index (χ0) is 8.69. The fourth-order valence-corrected chi connectivity index (χ4v) is 1.23. The van der Waals surface area contributed by atoms with Crippen molar-refractivity contribution in [2.75, 3.05) is 6.61 Å². The minimum absolute atomic E-state index is 0.0510. The Kier molecular flexibility index (Phi) is 6.57. The van der Waals surface area contributed by atoms with Crippen molar-refractivity contribution in [1.29, 1.82) is 0 Å². The molecule has 0 spiro atoms. The minimum atomic E-state index is -0.0510. The van der Waals surface area contributed by atoms with E-state index in [0.29, 0.717) is 0 Å². The average molecular weight is 159 g/mol. The quantitative estimate of drug-likeness (QED) is 0.603. The van der Waals surface area contributed by atoms with Crippen LogP contribution in [0.25, 0.3) is 0 Å². The standard InChI is InChI=1S/C9H21NO/c1-4-8(5-2)7-9(10)11-6-3/h8-9H,4-7,10H2,1-3H3. The van der Waals surface area contributed by atoms with Crippen molar-refractivity contribution in [3.63, 3.8) is 0 Å². The molecule has 0 aliphatic rings. The van der Waals surface area contributed by atoms with Crippen LogP contribution in [-0.4, -0.2) is 12.8 Å². The fourth-order valence-electron chi connectivity index (χ4n) is 1.23. The van der Waals surface area contributed by atoms with Gasteiger partial charge in [-0.05, 0) is 19.3 Å². The Morgan fingerprint density at radius 2 is 1.73 bits per heavy atom. The monoisotopic (exact) mass is 159 g/mol. The van der Waals surface area contributed by atoms with Crippen LogP contribution in [0.5, 0.6) is 0 Å². The van der Waals surface area contributed by atoms with Crippen LogP contribution < -0.4 is 5.73 Å². The SMILES string of the molecule is CCOC(N)CC(CC)CC. The minimum Gasteiger partial charge on any atom is -0.364 e. The highest BCUT2D eigenvalue weighted by Gasteiger charge is 2.08. The van der Waals surface area contributed by atoms with Crippen molar-refractivity contribution < 1.29 is 4.74 Å². The summed E-state index contributed by atoms with van der Waals surface area (Å²) >= 11 is 0. The zero-order valence-corrected chi connectivity index (χ0v) is 7.97. The van der Waals surface area contributed by atoms with Crippen molar-refractivity contribution in [2.24, 2.45) is 11.7 Å². The van der Waals surface area contributed by atoms with E-state index in [0.717, 1.165) is 18.9 Å². The van der Waals surface area contributed by atoms with Crippen LogP contribution in [0.1, 0.15) is 40.0 Å². The van der Waals surface area contributed by atoms with Crippen molar-refractivity contribution in [2.45, 2.75) is 46.3 Å². The van der Waals surface area contributed by atoms with Crippen molar-refractivity contribution >= 4 is 0 Å². The molecule has 0 radical (unpaired) electrons. The lowest BCUT2D eigenvalue weighted by atomic mass is 9.99. The maximum Gasteiger partial charge on any atom is 0.105 e. The van der Waals surface area contributed by atoms with Gasteiger partial charge in [0.05, 0.1) is 0 Å². The number of ether oxygens (including phenoxy) is 1. The molecule has 1 unspecified atom stereocenters. The Hall–Kier alpha value is -0.0800. The molecule has 1 atom stereocenters. The molecule has 2 heteroatoms. The van der Waals surface area contributed by atoms with Gasteiger partial charge in [0, 0.05) is 6.61 Å². The predicted molar refractivity (Wildman–Crippen MR) is 48.3 cm³/mol. The first kappa shape index (κ1) is 10.9. The maximum absolute atomic E-state index is 5.71. The summed E-state index contributed by atoms with van der Waals surface area (Å²) in [6.45, 7) is 7.10. The first-order chi connectivity index (χ1) is 5.24. The van der Waals surface area contributed by atoms with E-state index in [9.17, 15) is 0 Å². The van der Waals surface area contributed by atoms with Gasteiger partial charge in [-0.15, -0.1) is 0 Å². The molecule has 0 bridgehead atoms. The molecule has 2 nitrogen and oxygen atoms in total. The lowest BCUT2D eigenvalue weighted by molar-refractivity contribution is 0.0483. The predicted octanol–water partition coefficient (Wildman–Crippen LogP) is 2.13. The van der Waals surface area contributed by atoms with Gasteiger partial charge in [-0.3, -0.25) is 0 Å². The largest absolute Gasteiger partial charge is 0.364 e. The van der Waals surface area contributed by atoms with Crippen LogP contribution in [0, 0.1) is 5.92 Å². The summed E-state index contributed by atoms with van der Waals surface area (Å²) in [5, 5.41) is 0. The molecule has 0 amide bonds. The third-order valence-electron chi connectivity index (χ3n) is 2.10. The summed E-state index contributed by atoms with van der Waals surface area (Å²) in [4.78, 5) is 0. The molecule has 0 aromatic rings. The highest BCUT2D eigenvalue weighted by atomic mass is 16.5. The van der Waals surface area contributed by atoms with Crippen LogP contribution in [0.15, 0.2) is 0 Å². The van der Waals surface area contributed by atoms with Crippen LogP contribution >= 0.6 is 0 Å². The third-order valence-corrected chi connectivity index (χ3v) is 2.10. The Morgan fingerprint density at radius 1 is 1.18 bits per heavy atom. The van der Waals surface area contributed by atoms with E-state index in [4.69, 9.17) is 10.5 Å². The molecule has 0 aliphatic carbocycles. The summed E-state index contributed by atoms with van der Waals surface area (Å²) in [6.07, 6.45) is 3.36. The van der Waals surface area contributed by atoms with E-state index in [1.807, 2.05) is 6.92 Å². The molecular weight excluding hydrogens is 138 g/mol. The van der Waals surface area contributed by atoms with E-state index in [1.54, 1.807) is 0 Å². The van der Waals surface area contributed by atoms with Gasteiger partial charge in [-0.2, -0.15) is 0 Å². The normalized spacial score (nSPS) is 13.9. The number of nitrogens with two attached hydrogens (primary N) is 1. The Balaban J connectivity index is 3.44. The molecular formula is C9H21NO. The average Bonchev–Trinajstić information content (AvgIpc) is 2.01.